The predicted octanol–water partition coefficient (Wildman–Crippen LogP) is 4.12. The number of carbonyl (C=O) groups excluding carboxylic acids is 1. The highest BCUT2D eigenvalue weighted by Gasteiger charge is 2.25. The van der Waals surface area contributed by atoms with Gasteiger partial charge in [-0.25, -0.2) is 4.98 Å². The SMILES string of the molecule is CC1CN(CCc2cccc(NC(=O)c3ccnc(Cl)c3)c2)CC1C. The Balaban J connectivity index is 1.59. The number of nitrogens with one attached hydrogen (secondary N) is 1. The standard InChI is InChI=1S/C20H24ClN3O/c1-14-12-24(13-15(14)2)9-7-16-4-3-5-18(10-16)23-20(25)17-6-8-22-19(21)11-17/h3-6,8,10-11,14-15H,7,9,12-13H2,1-2H3,(H,23,25). The number of pyridine rings is 1. The number of hydrogen-bond donors (Lipinski definition) is 1. The molecule has 1 amide bonds. The molecule has 1 aliphatic rings. The fourth-order valence-electron chi connectivity index (χ4n) is 3.27. The summed E-state index contributed by atoms with van der Waals surface area (Å²) in [5.74, 6) is 1.37. The number of hydrogen-bond acceptors (Lipinski definition) is 3. The monoisotopic (exact) mass is 357 g/mol. The molecule has 4 nitrogen and oxygen atoms in total. The van der Waals surface area contributed by atoms with Crippen LogP contribution in [0, 0.1) is 11.8 Å². The molecule has 0 saturated carbocycles. The molecule has 25 heavy (non-hydrogen) atoms. The van der Waals surface area contributed by atoms with E-state index in [4.69, 9.17) is 11.6 Å². The van der Waals surface area contributed by atoms with Crippen molar-refractivity contribution in [2.45, 2.75) is 20.3 Å². The van der Waals surface area contributed by atoms with E-state index in [0.717, 1.165) is 30.5 Å². The van der Waals surface area contributed by atoms with Gasteiger partial charge in [0.1, 0.15) is 5.15 Å². The Morgan fingerprint density at radius 3 is 2.72 bits per heavy atom. The maximum absolute atomic E-state index is 12.3. The average Bonchev–Trinajstić information content (AvgIpc) is 2.91. The molecule has 2 heterocycles. The Kier molecular flexibility index (Phi) is 5.71. The van der Waals surface area contributed by atoms with E-state index in [1.165, 1.54) is 24.8 Å². The van der Waals surface area contributed by atoms with E-state index in [0.29, 0.717) is 10.7 Å². The largest absolute Gasteiger partial charge is 0.322 e. The molecule has 0 bridgehead atoms. The van der Waals surface area contributed by atoms with Crippen LogP contribution in [0.5, 0.6) is 0 Å². The fourth-order valence-corrected chi connectivity index (χ4v) is 3.44. The first-order valence-electron chi connectivity index (χ1n) is 8.75. The van der Waals surface area contributed by atoms with Gasteiger partial charge in [0.2, 0.25) is 0 Å². The molecule has 2 aromatic rings. The molecule has 3 rings (SSSR count). The predicted molar refractivity (Wildman–Crippen MR) is 102 cm³/mol. The van der Waals surface area contributed by atoms with E-state index in [2.05, 4.69) is 35.1 Å². The smallest absolute Gasteiger partial charge is 0.255 e. The number of carbonyl (C=O) groups is 1. The van der Waals surface area contributed by atoms with Crippen molar-refractivity contribution < 1.29 is 4.79 Å². The second-order valence-electron chi connectivity index (χ2n) is 6.99. The maximum Gasteiger partial charge on any atom is 0.255 e. The summed E-state index contributed by atoms with van der Waals surface area (Å²) in [6.07, 6.45) is 2.52. The van der Waals surface area contributed by atoms with E-state index < -0.39 is 0 Å². The highest BCUT2D eigenvalue weighted by atomic mass is 35.5. The summed E-state index contributed by atoms with van der Waals surface area (Å²) in [4.78, 5) is 18.7. The van der Waals surface area contributed by atoms with Crippen molar-refractivity contribution in [1.29, 1.82) is 0 Å². The Morgan fingerprint density at radius 1 is 1.24 bits per heavy atom. The first-order valence-corrected chi connectivity index (χ1v) is 9.13. The normalized spacial score (nSPS) is 20.6. The van der Waals surface area contributed by atoms with Gasteiger partial charge in [0.25, 0.3) is 5.91 Å². The molecule has 0 aliphatic carbocycles. The quantitative estimate of drug-likeness (QED) is 0.819. The van der Waals surface area contributed by atoms with Crippen LogP contribution in [0.2, 0.25) is 5.15 Å². The molecule has 2 atom stereocenters. The number of rotatable bonds is 5. The third kappa shape index (κ3) is 4.80. The van der Waals surface area contributed by atoms with Crippen molar-refractivity contribution in [1.82, 2.24) is 9.88 Å². The van der Waals surface area contributed by atoms with Crippen LogP contribution in [0.15, 0.2) is 42.6 Å². The van der Waals surface area contributed by atoms with Gasteiger partial charge in [-0.3, -0.25) is 4.79 Å². The van der Waals surface area contributed by atoms with Gasteiger partial charge in [0.15, 0.2) is 0 Å². The molecule has 2 unspecified atom stereocenters. The molecule has 1 fully saturated rings. The number of anilines is 1. The van der Waals surface area contributed by atoms with Gasteiger partial charge in [-0.15, -0.1) is 0 Å². The highest BCUT2D eigenvalue weighted by molar-refractivity contribution is 6.29. The highest BCUT2D eigenvalue weighted by Crippen LogP contribution is 2.22. The lowest BCUT2D eigenvalue weighted by Gasteiger charge is -2.15. The van der Waals surface area contributed by atoms with Gasteiger partial charge in [-0.2, -0.15) is 0 Å². The number of likely N-dealkylation sites (tertiary alicyclic amines) is 1. The molecule has 1 aromatic carbocycles. The van der Waals surface area contributed by atoms with Crippen LogP contribution in [-0.2, 0) is 6.42 Å². The van der Waals surface area contributed by atoms with E-state index in [1.54, 1.807) is 12.1 Å². The molecule has 1 aromatic heterocycles. The Morgan fingerprint density at radius 2 is 2.00 bits per heavy atom. The third-order valence-corrected chi connectivity index (χ3v) is 5.16. The molecular weight excluding hydrogens is 334 g/mol. The minimum atomic E-state index is -0.177. The van der Waals surface area contributed by atoms with Gasteiger partial charge in [0, 0.05) is 37.1 Å². The Bertz CT molecular complexity index is 739. The first kappa shape index (κ1) is 17.9. The zero-order chi connectivity index (χ0) is 17.8. The molecule has 1 aliphatic heterocycles. The lowest BCUT2D eigenvalue weighted by molar-refractivity contribution is 0.102. The average molecular weight is 358 g/mol. The summed E-state index contributed by atoms with van der Waals surface area (Å²) >= 11 is 5.85. The van der Waals surface area contributed by atoms with E-state index in [1.807, 2.05) is 18.2 Å². The summed E-state index contributed by atoms with van der Waals surface area (Å²) in [6.45, 7) is 8.07. The van der Waals surface area contributed by atoms with Gasteiger partial charge in [-0.1, -0.05) is 37.6 Å². The fraction of sp³-hybridized carbons (Fsp3) is 0.400. The number of nitrogens with zero attached hydrogens (tertiary/aromatic N) is 2. The summed E-state index contributed by atoms with van der Waals surface area (Å²) in [5.41, 5.74) is 2.54. The topological polar surface area (TPSA) is 45.2 Å². The summed E-state index contributed by atoms with van der Waals surface area (Å²) in [7, 11) is 0. The minimum absolute atomic E-state index is 0.177. The number of halogens is 1. The summed E-state index contributed by atoms with van der Waals surface area (Å²) in [5, 5.41) is 3.24. The lowest BCUT2D eigenvalue weighted by Crippen LogP contribution is -2.23. The van der Waals surface area contributed by atoms with Gasteiger partial charge >= 0.3 is 0 Å². The number of aromatic nitrogens is 1. The molecule has 1 N–H and O–H groups in total. The van der Waals surface area contributed by atoms with E-state index in [9.17, 15) is 4.79 Å². The van der Waals surface area contributed by atoms with Gasteiger partial charge < -0.3 is 10.2 Å². The molecule has 1 saturated heterocycles. The van der Waals surface area contributed by atoms with Crippen LogP contribution in [-0.4, -0.2) is 35.4 Å². The molecule has 132 valence electrons. The number of amides is 1. The van der Waals surface area contributed by atoms with Crippen molar-refractivity contribution in [2.24, 2.45) is 11.8 Å². The Labute approximate surface area is 154 Å². The minimum Gasteiger partial charge on any atom is -0.322 e. The van der Waals surface area contributed by atoms with Crippen molar-refractivity contribution in [2.75, 3.05) is 25.0 Å². The van der Waals surface area contributed by atoms with Crippen molar-refractivity contribution in [3.8, 4) is 0 Å². The number of benzene rings is 1. The van der Waals surface area contributed by atoms with Crippen LogP contribution in [0.25, 0.3) is 0 Å². The van der Waals surface area contributed by atoms with Crippen molar-refractivity contribution >= 4 is 23.2 Å². The second kappa shape index (κ2) is 7.98. The van der Waals surface area contributed by atoms with E-state index in [-0.39, 0.29) is 5.91 Å². The van der Waals surface area contributed by atoms with Crippen LogP contribution >= 0.6 is 11.6 Å². The molecular formula is C20H24ClN3O. The summed E-state index contributed by atoms with van der Waals surface area (Å²) in [6, 6.07) is 11.3. The van der Waals surface area contributed by atoms with E-state index >= 15 is 0 Å². The zero-order valence-electron chi connectivity index (χ0n) is 14.7. The van der Waals surface area contributed by atoms with Crippen molar-refractivity contribution in [3.63, 3.8) is 0 Å². The van der Waals surface area contributed by atoms with Crippen LogP contribution in [0.3, 0.4) is 0 Å². The zero-order valence-corrected chi connectivity index (χ0v) is 15.5. The second-order valence-corrected chi connectivity index (χ2v) is 7.37. The van der Waals surface area contributed by atoms with Gasteiger partial charge in [0.05, 0.1) is 0 Å². The molecule has 0 spiro atoms. The van der Waals surface area contributed by atoms with Crippen LogP contribution < -0.4 is 5.32 Å². The lowest BCUT2D eigenvalue weighted by atomic mass is 10.0. The third-order valence-electron chi connectivity index (χ3n) is 4.95. The Hall–Kier alpha value is -1.91. The van der Waals surface area contributed by atoms with Crippen molar-refractivity contribution in [3.05, 3.63) is 58.9 Å². The van der Waals surface area contributed by atoms with Crippen LogP contribution in [0.1, 0.15) is 29.8 Å². The van der Waals surface area contributed by atoms with Gasteiger partial charge in [-0.05, 0) is 48.1 Å². The summed E-state index contributed by atoms with van der Waals surface area (Å²) < 4.78 is 0. The van der Waals surface area contributed by atoms with Crippen LogP contribution in [0.4, 0.5) is 5.69 Å². The molecule has 0 radical (unpaired) electrons. The first-order chi connectivity index (χ1) is 12.0. The maximum atomic E-state index is 12.3. The molecule has 5 heteroatoms.